The minimum Gasteiger partial charge on any atom is -0.379 e. The molecule has 2 aromatic heterocycles. The first-order valence-electron chi connectivity index (χ1n) is 5.89. The van der Waals surface area contributed by atoms with E-state index in [0.29, 0.717) is 0 Å². The molecule has 1 N–H and O–H groups in total. The molecule has 0 spiro atoms. The summed E-state index contributed by atoms with van der Waals surface area (Å²) in [7, 11) is 0. The second-order valence-corrected chi connectivity index (χ2v) is 4.00. The molecule has 0 atom stereocenters. The van der Waals surface area contributed by atoms with Gasteiger partial charge in [0.05, 0.1) is 12.2 Å². The highest BCUT2D eigenvalue weighted by atomic mass is 14.9. The number of anilines is 1. The first-order chi connectivity index (χ1) is 8.29. The highest BCUT2D eigenvalue weighted by Crippen LogP contribution is 2.11. The summed E-state index contributed by atoms with van der Waals surface area (Å²) in [4.78, 5) is 8.58. The van der Waals surface area contributed by atoms with Crippen molar-refractivity contribution in [2.45, 2.75) is 26.8 Å². The van der Waals surface area contributed by atoms with Gasteiger partial charge in [0.2, 0.25) is 0 Å². The lowest BCUT2D eigenvalue weighted by Gasteiger charge is -2.09. The van der Waals surface area contributed by atoms with E-state index in [1.807, 2.05) is 37.5 Å². The third-order valence-corrected chi connectivity index (χ3v) is 2.72. The number of aryl methyl sites for hydroxylation is 2. The van der Waals surface area contributed by atoms with Crippen molar-refractivity contribution >= 4 is 5.69 Å². The van der Waals surface area contributed by atoms with Crippen LogP contribution >= 0.6 is 0 Å². The van der Waals surface area contributed by atoms with Crippen molar-refractivity contribution in [1.82, 2.24) is 9.97 Å². The molecule has 2 aromatic rings. The lowest BCUT2D eigenvalue weighted by atomic mass is 10.1. The van der Waals surface area contributed by atoms with Gasteiger partial charge in [-0.15, -0.1) is 0 Å². The average molecular weight is 227 g/mol. The van der Waals surface area contributed by atoms with Crippen LogP contribution in [0.15, 0.2) is 36.7 Å². The van der Waals surface area contributed by atoms with Crippen LogP contribution in [0, 0.1) is 6.92 Å². The highest BCUT2D eigenvalue weighted by molar-refractivity contribution is 5.43. The van der Waals surface area contributed by atoms with Crippen LogP contribution in [0.25, 0.3) is 0 Å². The smallest absolute Gasteiger partial charge is 0.0626 e. The normalized spacial score (nSPS) is 10.2. The van der Waals surface area contributed by atoms with Gasteiger partial charge in [-0.2, -0.15) is 0 Å². The van der Waals surface area contributed by atoms with Crippen molar-refractivity contribution in [3.05, 3.63) is 53.6 Å². The Balaban J connectivity index is 2.07. The van der Waals surface area contributed by atoms with E-state index in [4.69, 9.17) is 0 Å². The Kier molecular flexibility index (Phi) is 3.70. The van der Waals surface area contributed by atoms with Gasteiger partial charge in [0.25, 0.3) is 0 Å². The Morgan fingerprint density at radius 1 is 1.18 bits per heavy atom. The molecule has 0 aliphatic rings. The SMILES string of the molecule is CCc1cccnc1CNc1ccnc(C)c1. The molecule has 0 aliphatic carbocycles. The topological polar surface area (TPSA) is 37.8 Å². The maximum Gasteiger partial charge on any atom is 0.0626 e. The van der Waals surface area contributed by atoms with E-state index in [1.54, 1.807) is 0 Å². The maximum absolute atomic E-state index is 4.41. The molecule has 0 bridgehead atoms. The Bertz CT molecular complexity index is 494. The van der Waals surface area contributed by atoms with Gasteiger partial charge in [-0.05, 0) is 37.1 Å². The molecule has 88 valence electrons. The van der Waals surface area contributed by atoms with Gasteiger partial charge in [0.15, 0.2) is 0 Å². The minimum absolute atomic E-state index is 0.757. The van der Waals surface area contributed by atoms with E-state index in [1.165, 1.54) is 5.56 Å². The van der Waals surface area contributed by atoms with Gasteiger partial charge >= 0.3 is 0 Å². The molecule has 0 unspecified atom stereocenters. The maximum atomic E-state index is 4.41. The second-order valence-electron chi connectivity index (χ2n) is 4.00. The fraction of sp³-hybridized carbons (Fsp3) is 0.286. The lowest BCUT2D eigenvalue weighted by Crippen LogP contribution is -2.05. The second kappa shape index (κ2) is 5.43. The Morgan fingerprint density at radius 3 is 2.82 bits per heavy atom. The molecule has 2 heterocycles. The molecule has 3 nitrogen and oxygen atoms in total. The van der Waals surface area contributed by atoms with E-state index in [0.717, 1.165) is 30.0 Å². The standard InChI is InChI=1S/C14H17N3/c1-3-12-5-4-7-16-14(12)10-17-13-6-8-15-11(2)9-13/h4-9H,3,10H2,1-2H3,(H,15,17). The molecule has 0 radical (unpaired) electrons. The first-order valence-corrected chi connectivity index (χ1v) is 5.89. The molecule has 0 fully saturated rings. The third-order valence-electron chi connectivity index (χ3n) is 2.72. The molecule has 17 heavy (non-hydrogen) atoms. The summed E-state index contributed by atoms with van der Waals surface area (Å²) in [5.41, 5.74) is 4.52. The number of hydrogen-bond acceptors (Lipinski definition) is 3. The van der Waals surface area contributed by atoms with Crippen LogP contribution in [0.3, 0.4) is 0 Å². The van der Waals surface area contributed by atoms with Crippen molar-refractivity contribution < 1.29 is 0 Å². The molecule has 0 aromatic carbocycles. The predicted octanol–water partition coefficient (Wildman–Crippen LogP) is 2.96. The molecule has 3 heteroatoms. The van der Waals surface area contributed by atoms with Gasteiger partial charge in [-0.25, -0.2) is 0 Å². The zero-order chi connectivity index (χ0) is 12.1. The summed E-state index contributed by atoms with van der Waals surface area (Å²) in [6.07, 6.45) is 4.67. The molecular formula is C14H17N3. The van der Waals surface area contributed by atoms with Crippen LogP contribution < -0.4 is 5.32 Å². The fourth-order valence-corrected chi connectivity index (χ4v) is 1.79. The zero-order valence-corrected chi connectivity index (χ0v) is 10.3. The third kappa shape index (κ3) is 3.03. The van der Waals surface area contributed by atoms with Gasteiger partial charge in [0, 0.05) is 23.8 Å². The number of hydrogen-bond donors (Lipinski definition) is 1. The molecule has 0 aliphatic heterocycles. The number of pyridine rings is 2. The number of nitrogens with zero attached hydrogens (tertiary/aromatic N) is 2. The number of aromatic nitrogens is 2. The summed E-state index contributed by atoms with van der Waals surface area (Å²) in [5, 5.41) is 3.37. The summed E-state index contributed by atoms with van der Waals surface area (Å²) >= 11 is 0. The highest BCUT2D eigenvalue weighted by Gasteiger charge is 2.01. The van der Waals surface area contributed by atoms with Crippen LogP contribution in [0.5, 0.6) is 0 Å². The lowest BCUT2D eigenvalue weighted by molar-refractivity contribution is 0.970. The Hall–Kier alpha value is -1.90. The Morgan fingerprint density at radius 2 is 2.06 bits per heavy atom. The van der Waals surface area contributed by atoms with Gasteiger partial charge < -0.3 is 5.32 Å². The minimum atomic E-state index is 0.757. The Labute approximate surface area is 102 Å². The largest absolute Gasteiger partial charge is 0.379 e. The molecule has 0 saturated heterocycles. The fourth-order valence-electron chi connectivity index (χ4n) is 1.79. The van der Waals surface area contributed by atoms with E-state index in [9.17, 15) is 0 Å². The quantitative estimate of drug-likeness (QED) is 0.872. The first kappa shape index (κ1) is 11.6. The monoisotopic (exact) mass is 227 g/mol. The van der Waals surface area contributed by atoms with Gasteiger partial charge in [-0.3, -0.25) is 9.97 Å². The summed E-state index contributed by atoms with van der Waals surface area (Å²) < 4.78 is 0. The van der Waals surface area contributed by atoms with Crippen LogP contribution in [0.1, 0.15) is 23.9 Å². The summed E-state index contributed by atoms with van der Waals surface area (Å²) in [6.45, 7) is 4.90. The van der Waals surface area contributed by atoms with Crippen LogP contribution in [-0.4, -0.2) is 9.97 Å². The van der Waals surface area contributed by atoms with Crippen LogP contribution in [-0.2, 0) is 13.0 Å². The van der Waals surface area contributed by atoms with Gasteiger partial charge in [0.1, 0.15) is 0 Å². The van der Waals surface area contributed by atoms with E-state index >= 15 is 0 Å². The molecule has 0 saturated carbocycles. The average Bonchev–Trinajstić information content (AvgIpc) is 2.37. The molecular weight excluding hydrogens is 210 g/mol. The van der Waals surface area contributed by atoms with Crippen molar-refractivity contribution in [2.75, 3.05) is 5.32 Å². The summed E-state index contributed by atoms with van der Waals surface area (Å²) in [5.74, 6) is 0. The molecule has 0 amide bonds. The van der Waals surface area contributed by atoms with E-state index in [-0.39, 0.29) is 0 Å². The van der Waals surface area contributed by atoms with Crippen LogP contribution in [0.4, 0.5) is 5.69 Å². The van der Waals surface area contributed by atoms with E-state index < -0.39 is 0 Å². The summed E-state index contributed by atoms with van der Waals surface area (Å²) in [6, 6.07) is 8.12. The van der Waals surface area contributed by atoms with Gasteiger partial charge in [-0.1, -0.05) is 13.0 Å². The van der Waals surface area contributed by atoms with Crippen molar-refractivity contribution in [3.8, 4) is 0 Å². The van der Waals surface area contributed by atoms with Crippen molar-refractivity contribution in [2.24, 2.45) is 0 Å². The van der Waals surface area contributed by atoms with Crippen molar-refractivity contribution in [1.29, 1.82) is 0 Å². The predicted molar refractivity (Wildman–Crippen MR) is 69.9 cm³/mol. The zero-order valence-electron chi connectivity index (χ0n) is 10.3. The van der Waals surface area contributed by atoms with E-state index in [2.05, 4.69) is 28.3 Å². The molecule has 2 rings (SSSR count). The number of nitrogens with one attached hydrogen (secondary N) is 1. The van der Waals surface area contributed by atoms with Crippen LogP contribution in [0.2, 0.25) is 0 Å². The number of rotatable bonds is 4. The van der Waals surface area contributed by atoms with Crippen molar-refractivity contribution in [3.63, 3.8) is 0 Å².